The molecule has 1 amide bonds. The maximum atomic E-state index is 11.8. The first-order valence-electron chi connectivity index (χ1n) is 6.28. The Morgan fingerprint density at radius 3 is 3.00 bits per heavy atom. The number of nitrogens with two attached hydrogens (primary N) is 1. The zero-order chi connectivity index (χ0) is 13.0. The molecule has 0 radical (unpaired) electrons. The molecule has 1 unspecified atom stereocenters. The highest BCUT2D eigenvalue weighted by atomic mass is 16.1. The summed E-state index contributed by atoms with van der Waals surface area (Å²) in [6, 6.07) is 3.17. The molecule has 1 fully saturated rings. The summed E-state index contributed by atoms with van der Waals surface area (Å²) in [5, 5.41) is 10.3. The van der Waals surface area contributed by atoms with E-state index in [0.29, 0.717) is 24.0 Å². The number of carbonyl (C=O) groups excluding carboxylic acids is 1. The molecule has 0 bridgehead atoms. The topological polar surface area (TPSA) is 84.1 Å². The first-order valence-corrected chi connectivity index (χ1v) is 6.28. The molecule has 2 rings (SSSR count). The Labute approximate surface area is 107 Å². The number of rotatable bonds is 4. The third-order valence-electron chi connectivity index (χ3n) is 3.29. The van der Waals surface area contributed by atoms with E-state index in [9.17, 15) is 4.79 Å². The van der Waals surface area contributed by atoms with E-state index in [0.717, 1.165) is 26.1 Å². The molecule has 1 saturated heterocycles. The van der Waals surface area contributed by atoms with E-state index in [-0.39, 0.29) is 5.91 Å². The molecule has 0 spiro atoms. The normalized spacial score (nSPS) is 19.9. The van der Waals surface area contributed by atoms with Crippen molar-refractivity contribution in [2.75, 3.05) is 31.9 Å². The van der Waals surface area contributed by atoms with Crippen molar-refractivity contribution in [2.45, 2.75) is 13.3 Å². The van der Waals surface area contributed by atoms with Gasteiger partial charge in [0.1, 0.15) is 5.82 Å². The Balaban J connectivity index is 1.80. The van der Waals surface area contributed by atoms with E-state index in [1.807, 2.05) is 0 Å². The average molecular weight is 249 g/mol. The second kappa shape index (κ2) is 5.77. The number of aromatic nitrogens is 2. The summed E-state index contributed by atoms with van der Waals surface area (Å²) in [7, 11) is 0. The van der Waals surface area contributed by atoms with Crippen molar-refractivity contribution in [1.82, 2.24) is 20.4 Å². The van der Waals surface area contributed by atoms with Gasteiger partial charge in [0.2, 0.25) is 0 Å². The third kappa shape index (κ3) is 3.16. The van der Waals surface area contributed by atoms with Gasteiger partial charge in [-0.05, 0) is 37.6 Å². The molecular weight excluding hydrogens is 230 g/mol. The van der Waals surface area contributed by atoms with Crippen molar-refractivity contribution in [2.24, 2.45) is 5.92 Å². The minimum Gasteiger partial charge on any atom is -0.382 e. The van der Waals surface area contributed by atoms with E-state index in [1.54, 1.807) is 12.1 Å². The molecule has 0 aromatic carbocycles. The largest absolute Gasteiger partial charge is 0.382 e. The molecule has 98 valence electrons. The molecule has 0 saturated carbocycles. The van der Waals surface area contributed by atoms with Crippen LogP contribution in [0.4, 0.5) is 5.82 Å². The number of nitrogens with one attached hydrogen (secondary N) is 1. The van der Waals surface area contributed by atoms with Crippen molar-refractivity contribution in [3.8, 4) is 0 Å². The molecule has 1 aromatic heterocycles. The predicted octanol–water partition coefficient (Wildman–Crippen LogP) is 0.130. The van der Waals surface area contributed by atoms with Gasteiger partial charge in [-0.25, -0.2) is 0 Å². The second-order valence-corrected chi connectivity index (χ2v) is 4.60. The Hall–Kier alpha value is -1.69. The number of hydrogen-bond donors (Lipinski definition) is 2. The Morgan fingerprint density at radius 1 is 1.56 bits per heavy atom. The van der Waals surface area contributed by atoms with Gasteiger partial charge in [0.05, 0.1) is 0 Å². The van der Waals surface area contributed by atoms with Crippen LogP contribution in [0.2, 0.25) is 0 Å². The number of likely N-dealkylation sites (tertiary alicyclic amines) is 1. The van der Waals surface area contributed by atoms with Crippen LogP contribution in [0.25, 0.3) is 0 Å². The molecule has 1 aliphatic heterocycles. The number of nitrogens with zero attached hydrogens (tertiary/aromatic N) is 3. The van der Waals surface area contributed by atoms with Gasteiger partial charge < -0.3 is 16.0 Å². The number of carbonyl (C=O) groups is 1. The molecular formula is C12H19N5O. The van der Waals surface area contributed by atoms with Crippen molar-refractivity contribution in [3.63, 3.8) is 0 Å². The molecule has 0 aliphatic carbocycles. The molecule has 1 aromatic rings. The Kier molecular flexibility index (Phi) is 4.09. The monoisotopic (exact) mass is 249 g/mol. The van der Waals surface area contributed by atoms with Gasteiger partial charge in [0.25, 0.3) is 5.91 Å². The first-order chi connectivity index (χ1) is 8.69. The molecule has 1 atom stereocenters. The van der Waals surface area contributed by atoms with Gasteiger partial charge in [0, 0.05) is 13.1 Å². The van der Waals surface area contributed by atoms with Gasteiger partial charge in [-0.2, -0.15) is 0 Å². The standard InChI is InChI=1S/C12H19N5O/c1-2-17-6-5-9(8-17)7-14-12(18)10-3-4-11(13)16-15-10/h3-4,9H,2,5-8H2,1H3,(H2,13,16)(H,14,18). The Bertz CT molecular complexity index is 405. The maximum absolute atomic E-state index is 11.8. The van der Waals surface area contributed by atoms with E-state index >= 15 is 0 Å². The lowest BCUT2D eigenvalue weighted by Crippen LogP contribution is -2.31. The predicted molar refractivity (Wildman–Crippen MR) is 69.0 cm³/mol. The van der Waals surface area contributed by atoms with Gasteiger partial charge in [-0.15, -0.1) is 10.2 Å². The number of amides is 1. The first kappa shape index (κ1) is 12.8. The van der Waals surface area contributed by atoms with Crippen LogP contribution in [0.15, 0.2) is 12.1 Å². The number of anilines is 1. The zero-order valence-electron chi connectivity index (χ0n) is 10.6. The summed E-state index contributed by atoms with van der Waals surface area (Å²) in [4.78, 5) is 14.2. The highest BCUT2D eigenvalue weighted by molar-refractivity contribution is 5.92. The van der Waals surface area contributed by atoms with Crippen molar-refractivity contribution < 1.29 is 4.79 Å². The lowest BCUT2D eigenvalue weighted by atomic mass is 10.1. The van der Waals surface area contributed by atoms with E-state index < -0.39 is 0 Å². The summed E-state index contributed by atoms with van der Waals surface area (Å²) < 4.78 is 0. The smallest absolute Gasteiger partial charge is 0.271 e. The molecule has 18 heavy (non-hydrogen) atoms. The van der Waals surface area contributed by atoms with Crippen LogP contribution in [-0.2, 0) is 0 Å². The highest BCUT2D eigenvalue weighted by Gasteiger charge is 2.21. The highest BCUT2D eigenvalue weighted by Crippen LogP contribution is 2.14. The summed E-state index contributed by atoms with van der Waals surface area (Å²) >= 11 is 0. The van der Waals surface area contributed by atoms with Crippen molar-refractivity contribution in [3.05, 3.63) is 17.8 Å². The van der Waals surface area contributed by atoms with Gasteiger partial charge in [-0.1, -0.05) is 6.92 Å². The molecule has 6 heteroatoms. The molecule has 1 aliphatic rings. The molecule has 3 N–H and O–H groups in total. The average Bonchev–Trinajstić information content (AvgIpc) is 2.85. The maximum Gasteiger partial charge on any atom is 0.271 e. The van der Waals surface area contributed by atoms with Crippen LogP contribution >= 0.6 is 0 Å². The summed E-state index contributed by atoms with van der Waals surface area (Å²) in [6.45, 7) is 6.11. The fraction of sp³-hybridized carbons (Fsp3) is 0.583. The van der Waals surface area contributed by atoms with E-state index in [2.05, 4.69) is 27.3 Å². The lowest BCUT2D eigenvalue weighted by Gasteiger charge is -2.13. The van der Waals surface area contributed by atoms with E-state index in [1.165, 1.54) is 0 Å². The van der Waals surface area contributed by atoms with Crippen molar-refractivity contribution in [1.29, 1.82) is 0 Å². The minimum atomic E-state index is -0.183. The van der Waals surface area contributed by atoms with Gasteiger partial charge in [-0.3, -0.25) is 4.79 Å². The van der Waals surface area contributed by atoms with Crippen LogP contribution in [0.3, 0.4) is 0 Å². The van der Waals surface area contributed by atoms with Crippen LogP contribution < -0.4 is 11.1 Å². The van der Waals surface area contributed by atoms with Crippen molar-refractivity contribution >= 4 is 11.7 Å². The minimum absolute atomic E-state index is 0.183. The summed E-state index contributed by atoms with van der Waals surface area (Å²) in [6.07, 6.45) is 1.14. The summed E-state index contributed by atoms with van der Waals surface area (Å²) in [5.41, 5.74) is 5.73. The van der Waals surface area contributed by atoms with Gasteiger partial charge >= 0.3 is 0 Å². The van der Waals surface area contributed by atoms with E-state index in [4.69, 9.17) is 5.73 Å². The number of hydrogen-bond acceptors (Lipinski definition) is 5. The summed E-state index contributed by atoms with van der Waals surface area (Å²) in [5.74, 6) is 0.675. The zero-order valence-corrected chi connectivity index (χ0v) is 10.6. The molecule has 6 nitrogen and oxygen atoms in total. The van der Waals surface area contributed by atoms with Crippen LogP contribution in [0.5, 0.6) is 0 Å². The SMILES string of the molecule is CCN1CCC(CNC(=O)c2ccc(N)nn2)C1. The fourth-order valence-corrected chi connectivity index (χ4v) is 2.16. The second-order valence-electron chi connectivity index (χ2n) is 4.60. The quantitative estimate of drug-likeness (QED) is 0.792. The lowest BCUT2D eigenvalue weighted by molar-refractivity contribution is 0.0941. The Morgan fingerprint density at radius 2 is 2.39 bits per heavy atom. The van der Waals surface area contributed by atoms with Crippen LogP contribution in [-0.4, -0.2) is 47.2 Å². The number of nitrogen functional groups attached to an aromatic ring is 1. The van der Waals surface area contributed by atoms with Crippen LogP contribution in [0, 0.1) is 5.92 Å². The van der Waals surface area contributed by atoms with Gasteiger partial charge in [0.15, 0.2) is 5.69 Å². The fourth-order valence-electron chi connectivity index (χ4n) is 2.16. The van der Waals surface area contributed by atoms with Crippen LogP contribution in [0.1, 0.15) is 23.8 Å². The third-order valence-corrected chi connectivity index (χ3v) is 3.29. The molecule has 2 heterocycles.